The van der Waals surface area contributed by atoms with Gasteiger partial charge < -0.3 is 15.7 Å². The van der Waals surface area contributed by atoms with Crippen molar-refractivity contribution in [2.24, 2.45) is 0 Å². The van der Waals surface area contributed by atoms with Gasteiger partial charge in [-0.25, -0.2) is 0 Å². The zero-order valence-electron chi connectivity index (χ0n) is 13.2. The van der Waals surface area contributed by atoms with E-state index in [0.29, 0.717) is 10.7 Å². The second-order valence-corrected chi connectivity index (χ2v) is 5.57. The molecule has 2 amide bonds. The van der Waals surface area contributed by atoms with Gasteiger partial charge in [0.1, 0.15) is 6.04 Å². The topological polar surface area (TPSA) is 98.7 Å². The van der Waals surface area contributed by atoms with Gasteiger partial charge in [0.05, 0.1) is 13.1 Å². The summed E-state index contributed by atoms with van der Waals surface area (Å²) in [5.41, 5.74) is 1.32. The van der Waals surface area contributed by atoms with Crippen molar-refractivity contribution in [1.29, 1.82) is 0 Å². The van der Waals surface area contributed by atoms with Gasteiger partial charge in [-0.15, -0.1) is 0 Å². The Morgan fingerprint density at radius 3 is 2.57 bits per heavy atom. The molecule has 23 heavy (non-hydrogen) atoms. The van der Waals surface area contributed by atoms with Gasteiger partial charge in [-0.2, -0.15) is 0 Å². The summed E-state index contributed by atoms with van der Waals surface area (Å²) in [6, 6.07) is 4.35. The highest BCUT2D eigenvalue weighted by Crippen LogP contribution is 2.22. The fraction of sp³-hybridized carbons (Fsp3) is 0.400. The molecule has 1 rings (SSSR count). The second kappa shape index (κ2) is 8.50. The smallest absolute Gasteiger partial charge is 0.320 e. The number of carboxylic acid groups (broad SMARTS) is 1. The van der Waals surface area contributed by atoms with Crippen molar-refractivity contribution in [3.63, 3.8) is 0 Å². The number of rotatable bonds is 7. The first kappa shape index (κ1) is 18.9. The van der Waals surface area contributed by atoms with Crippen LogP contribution in [0.5, 0.6) is 0 Å². The van der Waals surface area contributed by atoms with E-state index in [2.05, 4.69) is 10.6 Å². The molecule has 1 atom stereocenters. The summed E-state index contributed by atoms with van der Waals surface area (Å²) in [6.07, 6.45) is 0. The van der Waals surface area contributed by atoms with Gasteiger partial charge in [0.25, 0.3) is 0 Å². The van der Waals surface area contributed by atoms with Crippen molar-refractivity contribution in [3.8, 4) is 0 Å². The van der Waals surface area contributed by atoms with E-state index in [4.69, 9.17) is 16.7 Å². The van der Waals surface area contributed by atoms with Crippen molar-refractivity contribution in [2.75, 3.05) is 25.5 Å². The van der Waals surface area contributed by atoms with E-state index < -0.39 is 23.8 Å². The predicted octanol–water partition coefficient (Wildman–Crippen LogP) is 1.11. The van der Waals surface area contributed by atoms with Gasteiger partial charge >= 0.3 is 5.97 Å². The molecule has 0 aromatic heterocycles. The maximum absolute atomic E-state index is 11.8. The summed E-state index contributed by atoms with van der Waals surface area (Å²) in [4.78, 5) is 35.7. The Hall–Kier alpha value is -2.12. The van der Waals surface area contributed by atoms with Gasteiger partial charge in [-0.05, 0) is 38.6 Å². The first-order chi connectivity index (χ1) is 10.7. The molecule has 8 heteroatoms. The number of nitrogens with zero attached hydrogens (tertiary/aromatic N) is 1. The number of aliphatic carboxylic acids is 1. The van der Waals surface area contributed by atoms with Crippen LogP contribution in [0.1, 0.15) is 12.5 Å². The van der Waals surface area contributed by atoms with Crippen molar-refractivity contribution in [3.05, 3.63) is 28.8 Å². The van der Waals surface area contributed by atoms with E-state index in [-0.39, 0.29) is 13.1 Å². The molecule has 0 saturated heterocycles. The minimum Gasteiger partial charge on any atom is -0.480 e. The van der Waals surface area contributed by atoms with Crippen LogP contribution in [-0.4, -0.2) is 54.0 Å². The Kier molecular flexibility index (Phi) is 6.99. The lowest BCUT2D eigenvalue weighted by molar-refractivity contribution is -0.142. The third kappa shape index (κ3) is 5.88. The number of carboxylic acids is 1. The van der Waals surface area contributed by atoms with Crippen LogP contribution in [0.4, 0.5) is 5.69 Å². The van der Waals surface area contributed by atoms with Crippen molar-refractivity contribution < 1.29 is 19.5 Å². The summed E-state index contributed by atoms with van der Waals surface area (Å²) >= 11 is 5.96. The number of likely N-dealkylation sites (N-methyl/N-ethyl adjacent to an activating group) is 1. The highest BCUT2D eigenvalue weighted by Gasteiger charge is 2.19. The number of anilines is 1. The molecule has 0 saturated carbocycles. The maximum atomic E-state index is 11.8. The fourth-order valence-electron chi connectivity index (χ4n) is 1.72. The SMILES string of the molecule is Cc1c(Cl)cccc1NC(=O)CNC(=O)CN(C)C(C)C(=O)O. The molecule has 0 heterocycles. The molecule has 0 aliphatic rings. The zero-order valence-corrected chi connectivity index (χ0v) is 14.0. The van der Waals surface area contributed by atoms with E-state index in [1.165, 1.54) is 18.9 Å². The van der Waals surface area contributed by atoms with Crippen molar-refractivity contribution in [2.45, 2.75) is 19.9 Å². The normalized spacial score (nSPS) is 11.9. The van der Waals surface area contributed by atoms with E-state index in [0.717, 1.165) is 5.56 Å². The summed E-state index contributed by atoms with van der Waals surface area (Å²) in [5.74, 6) is -1.84. The number of nitrogens with one attached hydrogen (secondary N) is 2. The monoisotopic (exact) mass is 341 g/mol. The van der Waals surface area contributed by atoms with E-state index in [9.17, 15) is 14.4 Å². The number of carbonyl (C=O) groups is 3. The predicted molar refractivity (Wildman–Crippen MR) is 87.6 cm³/mol. The minimum atomic E-state index is -1.02. The highest BCUT2D eigenvalue weighted by molar-refractivity contribution is 6.31. The lowest BCUT2D eigenvalue weighted by atomic mass is 10.2. The van der Waals surface area contributed by atoms with Crippen LogP contribution in [0.25, 0.3) is 0 Å². The summed E-state index contributed by atoms with van der Waals surface area (Å²) in [7, 11) is 1.52. The highest BCUT2D eigenvalue weighted by atomic mass is 35.5. The molecule has 1 aromatic carbocycles. The molecule has 7 nitrogen and oxygen atoms in total. The molecule has 0 spiro atoms. The van der Waals surface area contributed by atoms with Crippen molar-refractivity contribution >= 4 is 35.1 Å². The zero-order chi connectivity index (χ0) is 17.6. The van der Waals surface area contributed by atoms with Crippen LogP contribution in [0, 0.1) is 6.92 Å². The fourth-order valence-corrected chi connectivity index (χ4v) is 1.90. The quantitative estimate of drug-likeness (QED) is 0.690. The van der Waals surface area contributed by atoms with Crippen LogP contribution in [0.2, 0.25) is 5.02 Å². The number of halogens is 1. The average Bonchev–Trinajstić information content (AvgIpc) is 2.48. The molecule has 0 radical (unpaired) electrons. The van der Waals surface area contributed by atoms with Gasteiger partial charge in [0.15, 0.2) is 0 Å². The second-order valence-electron chi connectivity index (χ2n) is 5.17. The number of amides is 2. The molecule has 3 N–H and O–H groups in total. The van der Waals surface area contributed by atoms with Gasteiger partial charge in [0, 0.05) is 10.7 Å². The van der Waals surface area contributed by atoms with Gasteiger partial charge in [-0.3, -0.25) is 19.3 Å². The first-order valence-corrected chi connectivity index (χ1v) is 7.35. The Balaban J connectivity index is 2.45. The standard InChI is InChI=1S/C15H20ClN3O4/c1-9-11(16)5-4-6-12(9)18-13(20)7-17-14(21)8-19(3)10(2)15(22)23/h4-6,10H,7-8H2,1-3H3,(H,17,21)(H,18,20)(H,22,23). The summed E-state index contributed by atoms with van der Waals surface area (Å²) < 4.78 is 0. The van der Waals surface area contributed by atoms with Crippen LogP contribution >= 0.6 is 11.6 Å². The number of hydrogen-bond acceptors (Lipinski definition) is 4. The van der Waals surface area contributed by atoms with E-state index >= 15 is 0 Å². The maximum Gasteiger partial charge on any atom is 0.320 e. The van der Waals surface area contributed by atoms with E-state index in [1.54, 1.807) is 25.1 Å². The lowest BCUT2D eigenvalue weighted by Gasteiger charge is -2.20. The Bertz CT molecular complexity index is 606. The lowest BCUT2D eigenvalue weighted by Crippen LogP contribution is -2.44. The number of benzene rings is 1. The molecule has 0 bridgehead atoms. The van der Waals surface area contributed by atoms with Crippen LogP contribution < -0.4 is 10.6 Å². The molecular formula is C15H20ClN3O4. The summed E-state index contributed by atoms with van der Waals surface area (Å²) in [5, 5.41) is 14.5. The molecule has 126 valence electrons. The van der Waals surface area contributed by atoms with Crippen LogP contribution in [0.3, 0.4) is 0 Å². The van der Waals surface area contributed by atoms with Gasteiger partial charge in [-0.1, -0.05) is 17.7 Å². The Morgan fingerprint density at radius 2 is 1.96 bits per heavy atom. The summed E-state index contributed by atoms with van der Waals surface area (Å²) in [6.45, 7) is 2.93. The minimum absolute atomic E-state index is 0.114. The molecular weight excluding hydrogens is 322 g/mol. The third-order valence-electron chi connectivity index (χ3n) is 3.40. The van der Waals surface area contributed by atoms with Crippen LogP contribution in [0.15, 0.2) is 18.2 Å². The molecule has 0 fully saturated rings. The molecule has 1 aromatic rings. The average molecular weight is 342 g/mol. The Morgan fingerprint density at radius 1 is 1.30 bits per heavy atom. The molecule has 0 aliphatic heterocycles. The molecule has 0 aliphatic carbocycles. The first-order valence-electron chi connectivity index (χ1n) is 6.97. The molecule has 1 unspecified atom stereocenters. The Labute approximate surface area is 139 Å². The van der Waals surface area contributed by atoms with Gasteiger partial charge in [0.2, 0.25) is 11.8 Å². The van der Waals surface area contributed by atoms with E-state index in [1.807, 2.05) is 0 Å². The van der Waals surface area contributed by atoms with Crippen molar-refractivity contribution in [1.82, 2.24) is 10.2 Å². The third-order valence-corrected chi connectivity index (χ3v) is 3.81. The van der Waals surface area contributed by atoms with Crippen LogP contribution in [-0.2, 0) is 14.4 Å². The largest absolute Gasteiger partial charge is 0.480 e. The number of carbonyl (C=O) groups excluding carboxylic acids is 2. The number of hydrogen-bond donors (Lipinski definition) is 3.